The lowest BCUT2D eigenvalue weighted by atomic mass is 9.97. The Labute approximate surface area is 595 Å². The fraction of sp³-hybridized carbons (Fsp3) is 0.377. The number of aliphatic carboxylic acids is 1. The first-order chi connectivity index (χ1) is 49.5. The van der Waals surface area contributed by atoms with Crippen molar-refractivity contribution < 1.29 is 77.6 Å². The molecule has 0 spiro atoms. The summed E-state index contributed by atoms with van der Waals surface area (Å²) < 4.78 is 0. The fourth-order valence-corrected chi connectivity index (χ4v) is 12.2. The van der Waals surface area contributed by atoms with E-state index in [1.807, 2.05) is 0 Å². The number of aromatic amines is 2. The number of nitrogens with zero attached hydrogens (tertiary/aromatic N) is 4. The van der Waals surface area contributed by atoms with Gasteiger partial charge in [-0.15, -0.1) is 0 Å². The van der Waals surface area contributed by atoms with Crippen LogP contribution in [0.5, 0.6) is 11.5 Å². The first kappa shape index (κ1) is 77.3. The number of rotatable bonds is 21. The highest BCUT2D eigenvalue weighted by Gasteiger charge is 2.51. The number of benzene rings is 4. The number of nitrogens with one attached hydrogen (secondary N) is 10. The van der Waals surface area contributed by atoms with Crippen LogP contribution in [0.3, 0.4) is 0 Å². The molecule has 0 bridgehead atoms. The third-order valence-corrected chi connectivity index (χ3v) is 17.7. The Bertz CT molecular complexity index is 4150. The topological polar surface area (TPSA) is 572 Å². The van der Waals surface area contributed by atoms with Gasteiger partial charge in [-0.1, -0.05) is 72.8 Å². The van der Waals surface area contributed by atoms with Crippen molar-refractivity contribution in [3.63, 3.8) is 0 Å². The summed E-state index contributed by atoms with van der Waals surface area (Å²) in [6, 6.07) is 7.74. The lowest BCUT2D eigenvalue weighted by molar-refractivity contribution is -0.168. The van der Waals surface area contributed by atoms with Crippen LogP contribution in [0.15, 0.2) is 127 Å². The lowest BCUT2D eigenvalue weighted by Gasteiger charge is -2.43. The average Bonchev–Trinajstić information content (AvgIpc) is 0.949. The molecule has 0 aliphatic carbocycles. The van der Waals surface area contributed by atoms with Gasteiger partial charge in [0.05, 0.1) is 30.9 Å². The van der Waals surface area contributed by atoms with Crippen molar-refractivity contribution in [2.24, 2.45) is 33.7 Å². The van der Waals surface area contributed by atoms with Crippen LogP contribution < -0.4 is 71.2 Å². The Morgan fingerprint density at radius 1 is 0.663 bits per heavy atom. The number of phenolic OH excluding ortho intramolecular Hbond substituents is 2. The Hall–Kier alpha value is -12.4. The van der Waals surface area contributed by atoms with Crippen LogP contribution in [-0.2, 0) is 94.4 Å². The molecular weight excluding hydrogens is 1350 g/mol. The second-order valence-electron chi connectivity index (χ2n) is 25.5. The smallest absolute Gasteiger partial charge is 0.350 e. The minimum Gasteiger partial charge on any atom is -0.508 e. The van der Waals surface area contributed by atoms with Crippen LogP contribution in [0, 0.1) is 0 Å². The Kier molecular flexibility index (Phi) is 26.2. The van der Waals surface area contributed by atoms with Gasteiger partial charge in [0, 0.05) is 62.1 Å². The molecule has 4 heterocycles. The predicted octanol–water partition coefficient (Wildman–Crippen LogP) is -3.52. The first-order valence-corrected chi connectivity index (χ1v) is 33.3. The maximum atomic E-state index is 15.8. The fourth-order valence-electron chi connectivity index (χ4n) is 12.2. The van der Waals surface area contributed by atoms with Gasteiger partial charge in [-0.3, -0.25) is 67.4 Å². The molecule has 6 aromatic rings. The van der Waals surface area contributed by atoms with E-state index in [1.54, 1.807) is 60.8 Å². The maximum Gasteiger partial charge on any atom is 0.350 e. The summed E-state index contributed by atoms with van der Waals surface area (Å²) in [5.74, 6) is -16.8. The molecule has 2 aliphatic heterocycles. The molecule has 8 rings (SSSR count). The largest absolute Gasteiger partial charge is 0.508 e. The predicted molar refractivity (Wildman–Crippen MR) is 372 cm³/mol. The number of phenols is 2. The molecule has 35 nitrogen and oxygen atoms in total. The average molecular weight is 1440 g/mol. The van der Waals surface area contributed by atoms with E-state index in [1.165, 1.54) is 61.1 Å². The summed E-state index contributed by atoms with van der Waals surface area (Å²) >= 11 is 0. The van der Waals surface area contributed by atoms with Crippen LogP contribution in [0.4, 0.5) is 0 Å². The number of guanidine groups is 1. The van der Waals surface area contributed by atoms with Gasteiger partial charge in [0.1, 0.15) is 65.9 Å². The normalized spacial score (nSPS) is 22.9. The van der Waals surface area contributed by atoms with Gasteiger partial charge >= 0.3 is 5.97 Å². The van der Waals surface area contributed by atoms with Crippen molar-refractivity contribution in [2.45, 2.75) is 151 Å². The maximum absolute atomic E-state index is 15.8. The van der Waals surface area contributed by atoms with Gasteiger partial charge in [-0.2, -0.15) is 0 Å². The van der Waals surface area contributed by atoms with Gasteiger partial charge in [-0.25, -0.2) is 9.78 Å². The van der Waals surface area contributed by atoms with Crippen molar-refractivity contribution in [1.29, 1.82) is 0 Å². The second-order valence-corrected chi connectivity index (χ2v) is 25.5. The van der Waals surface area contributed by atoms with Crippen LogP contribution in [0.1, 0.15) is 80.3 Å². The number of amides is 12. The van der Waals surface area contributed by atoms with E-state index in [0.717, 1.165) is 18.7 Å². The zero-order valence-electron chi connectivity index (χ0n) is 56.8. The number of aromatic hydroxyl groups is 2. The molecule has 552 valence electrons. The molecule has 0 radical (unpaired) electrons. The third kappa shape index (κ3) is 20.6. The van der Waals surface area contributed by atoms with Crippen molar-refractivity contribution in [3.8, 4) is 11.5 Å². The molecule has 2 aromatic heterocycles. The number of carboxylic acids is 1. The van der Waals surface area contributed by atoms with E-state index >= 15 is 19.2 Å². The third-order valence-electron chi connectivity index (χ3n) is 17.7. The molecule has 12 amide bonds. The Morgan fingerprint density at radius 2 is 1.26 bits per heavy atom. The van der Waals surface area contributed by atoms with E-state index in [4.69, 9.17) is 28.7 Å². The number of carboxylic acid groups (broad SMARTS) is 1. The zero-order valence-corrected chi connectivity index (χ0v) is 56.8. The highest BCUT2D eigenvalue weighted by atomic mass is 16.4. The molecule has 11 atom stereocenters. The molecule has 104 heavy (non-hydrogen) atoms. The molecule has 0 saturated carbocycles. The Morgan fingerprint density at radius 3 is 1.89 bits per heavy atom. The van der Waals surface area contributed by atoms with Gasteiger partial charge in [0.2, 0.25) is 76.5 Å². The minimum absolute atomic E-state index is 0.0295. The number of aliphatic imine (C=N–C) groups is 1. The number of nitrogens with two attached hydrogens (primary N) is 5. The standard InChI is InChI=1S/C69H85N19O16/c1-36-58(94)81-48(27-37-10-4-3-5-11-37)64(100)86-69(2,67(103)104)88(54(57(72)93)28-39-18-22-43(90)23-19-39)56(92)32-51(82-59(95)45(70)26-38-16-20-42(89)21-17-38)63(99)85-52(30-41-34-75-35-78-41)66(102)87-25-9-15-53(87)65(101)80-47(14-8-24-76-68(73)74)60(96)83-49(29-40-33-77-46-13-7-6-12-44(40)46)62(98)84-50(31-55(71)91)61(97)79-36/h3-7,10-13,16-23,33-36,45,47-54,77,89-90H,8-9,14-15,24-32,70H2,1-2H3,(H2,71,91)(H2,72,93)(H,75,78)(H,79,97)(H,80,101)(H,81,94)(H,82,95)(H,83,96)(H,84,98)(H,85,99)(H,86,100)(H,103,104)(H4,73,74,76)/t36-,45-,47-,48-,49-,50-,51-,52-,53-,54-,69-/m0/s1. The molecule has 23 N–H and O–H groups in total. The minimum atomic E-state index is -3.17. The first-order valence-electron chi connectivity index (χ1n) is 33.3. The summed E-state index contributed by atoms with van der Waals surface area (Å²) in [7, 11) is 0. The number of carbonyl (C=O) groups is 13. The van der Waals surface area contributed by atoms with Gasteiger partial charge in [-0.05, 0) is 98.5 Å². The number of carbonyl (C=O) groups excluding carboxylic acids is 12. The van der Waals surface area contributed by atoms with Crippen molar-refractivity contribution in [2.75, 3.05) is 13.1 Å². The SMILES string of the molecule is C[C@@H]1NC(=O)[C@H](CC(N)=O)NC(=O)[C@H](Cc2c[nH]c3ccccc23)NC(=O)[C@H](CCCN=C(N)N)NC(=O)[C@@H]2CCCN2C(=O)[C@H](Cc2c[nH]cn2)NC(=O)[C@@H](NC(=O)[C@@H](N)Cc2ccc(O)cc2)CC(=O)N([C@@H](Cc2ccc(O)cc2)C(N)=O)[C@@](C)(C(=O)O)NC(=O)[C@H](Cc2ccccc2)NC1=O. The molecule has 2 aliphatic rings. The number of aromatic nitrogens is 3. The Balaban J connectivity index is 1.27. The number of para-hydroxylation sites is 1. The molecule has 0 unspecified atom stereocenters. The number of imidazole rings is 1. The van der Waals surface area contributed by atoms with Crippen LogP contribution in [0.2, 0.25) is 0 Å². The van der Waals surface area contributed by atoms with E-state index in [9.17, 15) is 58.5 Å². The van der Waals surface area contributed by atoms with E-state index in [0.29, 0.717) is 32.5 Å². The number of hydrogen-bond acceptors (Lipinski definition) is 18. The lowest BCUT2D eigenvalue weighted by Crippen LogP contribution is -2.72. The summed E-state index contributed by atoms with van der Waals surface area (Å²) in [6.45, 7) is 1.75. The van der Waals surface area contributed by atoms with E-state index in [-0.39, 0.29) is 80.3 Å². The van der Waals surface area contributed by atoms with Gasteiger partial charge in [0.15, 0.2) is 5.96 Å². The molecule has 2 fully saturated rings. The van der Waals surface area contributed by atoms with Crippen molar-refractivity contribution >= 4 is 93.7 Å². The molecule has 4 aromatic carbocycles. The molecule has 35 heteroatoms. The van der Waals surface area contributed by atoms with Crippen LogP contribution >= 0.6 is 0 Å². The van der Waals surface area contributed by atoms with Gasteiger partial charge < -0.3 is 101 Å². The monoisotopic (exact) mass is 1440 g/mol. The van der Waals surface area contributed by atoms with E-state index in [2.05, 4.69) is 62.5 Å². The highest BCUT2D eigenvalue weighted by molar-refractivity contribution is 6.02. The zero-order chi connectivity index (χ0) is 75.5. The summed E-state index contributed by atoms with van der Waals surface area (Å²) in [5, 5.41) is 52.5. The number of primary amides is 2. The van der Waals surface area contributed by atoms with E-state index < -0.39 is 175 Å². The summed E-state index contributed by atoms with van der Waals surface area (Å²) in [6.07, 6.45) is -0.140. The molecule has 2 saturated heterocycles. The number of fused-ring (bicyclic) bond motifs is 2. The van der Waals surface area contributed by atoms with Crippen LogP contribution in [-0.4, -0.2) is 202 Å². The van der Waals surface area contributed by atoms with Crippen molar-refractivity contribution in [1.82, 2.24) is 67.3 Å². The van der Waals surface area contributed by atoms with Crippen molar-refractivity contribution in [3.05, 3.63) is 150 Å². The molecular formula is C69H85N19O16. The highest BCUT2D eigenvalue weighted by Crippen LogP contribution is 2.26. The van der Waals surface area contributed by atoms with Gasteiger partial charge in [0.25, 0.3) is 0 Å². The second kappa shape index (κ2) is 35.3. The summed E-state index contributed by atoms with van der Waals surface area (Å²) in [5.41, 5.74) is 28.5. The number of hydrogen-bond donors (Lipinski definition) is 18. The quantitative estimate of drug-likeness (QED) is 0.0189. The van der Waals surface area contributed by atoms with Crippen LogP contribution in [0.25, 0.3) is 10.9 Å². The summed E-state index contributed by atoms with van der Waals surface area (Å²) in [4.78, 5) is 207. The number of H-pyrrole nitrogens is 2.